The molecule has 0 aliphatic heterocycles. The highest BCUT2D eigenvalue weighted by atomic mass is 19.1. The van der Waals surface area contributed by atoms with Crippen LogP contribution in [0.4, 0.5) is 4.39 Å². The van der Waals surface area contributed by atoms with Gasteiger partial charge < -0.3 is 10.5 Å². The van der Waals surface area contributed by atoms with E-state index in [1.807, 2.05) is 0 Å². The highest BCUT2D eigenvalue weighted by Crippen LogP contribution is 2.32. The lowest BCUT2D eigenvalue weighted by atomic mass is 9.82. The van der Waals surface area contributed by atoms with E-state index >= 15 is 0 Å². The summed E-state index contributed by atoms with van der Waals surface area (Å²) in [6, 6.07) is 4.58. The predicted octanol–water partition coefficient (Wildman–Crippen LogP) is 3.31. The third kappa shape index (κ3) is 3.25. The average molecular weight is 264 g/mol. The third-order valence-corrected chi connectivity index (χ3v) is 3.67. The zero-order valence-electron chi connectivity index (χ0n) is 11.4. The maximum absolute atomic E-state index is 13.7. The van der Waals surface area contributed by atoms with Crippen LogP contribution in [-0.2, 0) is 0 Å². The number of nitrogens with one attached hydrogen (secondary N) is 1. The van der Waals surface area contributed by atoms with E-state index in [4.69, 9.17) is 15.9 Å². The number of hydrogen-bond acceptors (Lipinski definition) is 2. The Labute approximate surface area is 113 Å². The largest absolute Gasteiger partial charge is 0.490 e. The van der Waals surface area contributed by atoms with E-state index in [9.17, 15) is 4.39 Å². The zero-order chi connectivity index (χ0) is 14.0. The molecule has 0 heterocycles. The summed E-state index contributed by atoms with van der Waals surface area (Å²) in [5.41, 5.74) is 5.52. The van der Waals surface area contributed by atoms with Crippen LogP contribution in [0.25, 0.3) is 0 Å². The van der Waals surface area contributed by atoms with E-state index in [1.165, 1.54) is 12.5 Å². The Morgan fingerprint density at radius 1 is 1.26 bits per heavy atom. The average Bonchev–Trinajstić information content (AvgIpc) is 2.26. The first-order valence-electron chi connectivity index (χ1n) is 6.77. The van der Waals surface area contributed by atoms with Gasteiger partial charge in [-0.2, -0.15) is 0 Å². The lowest BCUT2D eigenvalue weighted by Gasteiger charge is -2.32. The molecular weight excluding hydrogens is 243 g/mol. The summed E-state index contributed by atoms with van der Waals surface area (Å²) >= 11 is 0. The van der Waals surface area contributed by atoms with Crippen molar-refractivity contribution < 1.29 is 9.13 Å². The SMILES string of the molecule is CC1CC(C)CC(Oc2cccc(F)c2C(=N)N)C1. The van der Waals surface area contributed by atoms with Gasteiger partial charge in [-0.25, -0.2) is 4.39 Å². The highest BCUT2D eigenvalue weighted by molar-refractivity contribution is 5.97. The summed E-state index contributed by atoms with van der Waals surface area (Å²) in [6.07, 6.45) is 3.23. The van der Waals surface area contributed by atoms with Crippen molar-refractivity contribution in [2.24, 2.45) is 17.6 Å². The van der Waals surface area contributed by atoms with Crippen LogP contribution in [0.5, 0.6) is 5.75 Å². The molecule has 2 atom stereocenters. The van der Waals surface area contributed by atoms with Crippen LogP contribution in [0.1, 0.15) is 38.7 Å². The Balaban J connectivity index is 2.19. The van der Waals surface area contributed by atoms with E-state index in [1.54, 1.807) is 12.1 Å². The summed E-state index contributed by atoms with van der Waals surface area (Å²) in [4.78, 5) is 0. The summed E-state index contributed by atoms with van der Waals surface area (Å²) in [5, 5.41) is 7.47. The van der Waals surface area contributed by atoms with E-state index in [0.29, 0.717) is 17.6 Å². The smallest absolute Gasteiger partial charge is 0.137 e. The molecule has 0 aromatic heterocycles. The summed E-state index contributed by atoms with van der Waals surface area (Å²) < 4.78 is 19.6. The van der Waals surface area contributed by atoms with Crippen molar-refractivity contribution in [3.63, 3.8) is 0 Å². The van der Waals surface area contributed by atoms with Crippen LogP contribution in [0.3, 0.4) is 0 Å². The van der Waals surface area contributed by atoms with Gasteiger partial charge in [-0.05, 0) is 43.2 Å². The van der Waals surface area contributed by atoms with Gasteiger partial charge in [-0.15, -0.1) is 0 Å². The van der Waals surface area contributed by atoms with Gasteiger partial charge in [0.15, 0.2) is 0 Å². The van der Waals surface area contributed by atoms with Gasteiger partial charge in [0.05, 0.1) is 11.7 Å². The molecule has 3 N–H and O–H groups in total. The number of benzene rings is 1. The van der Waals surface area contributed by atoms with Crippen molar-refractivity contribution >= 4 is 5.84 Å². The van der Waals surface area contributed by atoms with Crippen molar-refractivity contribution in [3.8, 4) is 5.75 Å². The first kappa shape index (κ1) is 13.8. The van der Waals surface area contributed by atoms with Crippen LogP contribution in [0, 0.1) is 23.1 Å². The standard InChI is InChI=1S/C15H21FN2O/c1-9-6-10(2)8-11(7-9)19-13-5-3-4-12(16)14(13)15(17)18/h3-5,9-11H,6-8H2,1-2H3,(H3,17,18). The lowest BCUT2D eigenvalue weighted by molar-refractivity contribution is 0.101. The van der Waals surface area contributed by atoms with Crippen molar-refractivity contribution in [3.05, 3.63) is 29.6 Å². The Kier molecular flexibility index (Phi) is 4.08. The monoisotopic (exact) mass is 264 g/mol. The van der Waals surface area contributed by atoms with E-state index < -0.39 is 5.82 Å². The number of amidine groups is 1. The molecule has 0 bridgehead atoms. The molecule has 104 valence electrons. The molecule has 2 rings (SSSR count). The van der Waals surface area contributed by atoms with Crippen LogP contribution >= 0.6 is 0 Å². The number of halogens is 1. The van der Waals surface area contributed by atoms with Crippen LogP contribution < -0.4 is 10.5 Å². The predicted molar refractivity (Wildman–Crippen MR) is 74.0 cm³/mol. The summed E-state index contributed by atoms with van der Waals surface area (Å²) in [6.45, 7) is 4.42. The summed E-state index contributed by atoms with van der Waals surface area (Å²) in [5.74, 6) is 0.830. The molecule has 2 unspecified atom stereocenters. The van der Waals surface area contributed by atoms with Gasteiger partial charge in [0, 0.05) is 0 Å². The highest BCUT2D eigenvalue weighted by Gasteiger charge is 2.26. The van der Waals surface area contributed by atoms with Gasteiger partial charge in [0.2, 0.25) is 0 Å². The molecule has 1 saturated carbocycles. The molecule has 0 amide bonds. The molecule has 1 aliphatic carbocycles. The fraction of sp³-hybridized carbons (Fsp3) is 0.533. The lowest BCUT2D eigenvalue weighted by Crippen LogP contribution is -2.29. The van der Waals surface area contributed by atoms with Crippen LogP contribution in [-0.4, -0.2) is 11.9 Å². The van der Waals surface area contributed by atoms with E-state index in [0.717, 1.165) is 12.8 Å². The number of nitrogen functional groups attached to an aromatic ring is 1. The number of ether oxygens (including phenoxy) is 1. The molecule has 0 radical (unpaired) electrons. The van der Waals surface area contributed by atoms with Gasteiger partial charge in [0.1, 0.15) is 17.4 Å². The second-order valence-corrected chi connectivity index (χ2v) is 5.68. The normalized spacial score (nSPS) is 27.0. The van der Waals surface area contributed by atoms with Crippen LogP contribution in [0.15, 0.2) is 18.2 Å². The first-order valence-corrected chi connectivity index (χ1v) is 6.77. The molecule has 0 spiro atoms. The molecule has 1 aromatic rings. The van der Waals surface area contributed by atoms with Gasteiger partial charge in [0.25, 0.3) is 0 Å². The molecule has 4 heteroatoms. The third-order valence-electron chi connectivity index (χ3n) is 3.67. The second-order valence-electron chi connectivity index (χ2n) is 5.68. The van der Waals surface area contributed by atoms with Crippen molar-refractivity contribution in [2.75, 3.05) is 0 Å². The van der Waals surface area contributed by atoms with Crippen LogP contribution in [0.2, 0.25) is 0 Å². The number of rotatable bonds is 3. The second kappa shape index (κ2) is 5.59. The van der Waals surface area contributed by atoms with Gasteiger partial charge in [-0.1, -0.05) is 19.9 Å². The fourth-order valence-electron chi connectivity index (χ4n) is 3.01. The number of nitrogens with two attached hydrogens (primary N) is 1. The van der Waals surface area contributed by atoms with Gasteiger partial charge >= 0.3 is 0 Å². The minimum Gasteiger partial charge on any atom is -0.490 e. The molecule has 1 aliphatic rings. The topological polar surface area (TPSA) is 59.1 Å². The van der Waals surface area contributed by atoms with E-state index in [-0.39, 0.29) is 17.5 Å². The quantitative estimate of drug-likeness (QED) is 0.650. The Hall–Kier alpha value is -1.58. The molecule has 19 heavy (non-hydrogen) atoms. The minimum atomic E-state index is -0.498. The number of hydrogen-bond donors (Lipinski definition) is 2. The Morgan fingerprint density at radius 3 is 2.47 bits per heavy atom. The van der Waals surface area contributed by atoms with Crippen molar-refractivity contribution in [1.29, 1.82) is 5.41 Å². The maximum Gasteiger partial charge on any atom is 0.137 e. The first-order chi connectivity index (χ1) is 8.97. The minimum absolute atomic E-state index is 0.0772. The van der Waals surface area contributed by atoms with Crippen molar-refractivity contribution in [2.45, 2.75) is 39.2 Å². The molecule has 3 nitrogen and oxygen atoms in total. The maximum atomic E-state index is 13.7. The molecule has 0 saturated heterocycles. The molecule has 1 aromatic carbocycles. The zero-order valence-corrected chi connectivity index (χ0v) is 11.4. The summed E-state index contributed by atoms with van der Waals surface area (Å²) in [7, 11) is 0. The van der Waals surface area contributed by atoms with E-state index in [2.05, 4.69) is 13.8 Å². The Morgan fingerprint density at radius 2 is 1.89 bits per heavy atom. The van der Waals surface area contributed by atoms with Crippen molar-refractivity contribution in [1.82, 2.24) is 0 Å². The molecular formula is C15H21FN2O. The fourth-order valence-corrected chi connectivity index (χ4v) is 3.01. The molecule has 1 fully saturated rings. The Bertz CT molecular complexity index is 465. The van der Waals surface area contributed by atoms with Gasteiger partial charge in [-0.3, -0.25) is 5.41 Å².